The molecule has 150 valence electrons. The van der Waals surface area contributed by atoms with E-state index in [2.05, 4.69) is 5.10 Å². The van der Waals surface area contributed by atoms with Gasteiger partial charge in [-0.05, 0) is 41.3 Å². The van der Waals surface area contributed by atoms with Crippen molar-refractivity contribution in [1.82, 2.24) is 4.41 Å². The third-order valence-corrected chi connectivity index (χ3v) is 6.84. The van der Waals surface area contributed by atoms with E-state index in [-0.39, 0.29) is 16.4 Å². The molecule has 0 amide bonds. The van der Waals surface area contributed by atoms with Gasteiger partial charge in [0.05, 0.1) is 16.6 Å². The molecule has 0 spiro atoms. The molecule has 0 radical (unpaired) electrons. The third kappa shape index (κ3) is 4.03. The van der Waals surface area contributed by atoms with Gasteiger partial charge in [0.2, 0.25) is 0 Å². The Morgan fingerprint density at radius 2 is 1.75 bits per heavy atom. The fraction of sp³-hybridized carbons (Fsp3) is 0.381. The average Bonchev–Trinajstić information content (AvgIpc) is 3.08. The highest BCUT2D eigenvalue weighted by Gasteiger charge is 2.42. The number of halogens is 1. The summed E-state index contributed by atoms with van der Waals surface area (Å²) in [4.78, 5) is 2.18. The van der Waals surface area contributed by atoms with Gasteiger partial charge in [-0.3, -0.25) is 0 Å². The molecule has 0 aromatic heterocycles. The summed E-state index contributed by atoms with van der Waals surface area (Å²) in [5.41, 5.74) is 2.51. The van der Waals surface area contributed by atoms with Crippen LogP contribution in [0.3, 0.4) is 0 Å². The molecule has 1 aliphatic rings. The molecule has 1 heterocycles. The lowest BCUT2D eigenvalue weighted by Gasteiger charge is -2.33. The normalized spacial score (nSPS) is 17.6. The standard InChI is InChI=1S/C21H26ClN3O2S/c1-21(2,3)20-14-19(15-9-11-17(12-10-15)24(4)5)23-25(20)28(26,27)18-8-6-7-16(22)13-18/h6-13,20H,14H2,1-5H3. The van der Waals surface area contributed by atoms with Crippen LogP contribution in [0.5, 0.6) is 0 Å². The predicted octanol–water partition coefficient (Wildman–Crippen LogP) is 4.62. The van der Waals surface area contributed by atoms with Gasteiger partial charge in [-0.2, -0.15) is 17.9 Å². The molecule has 0 bridgehead atoms. The summed E-state index contributed by atoms with van der Waals surface area (Å²) in [5.74, 6) is 0. The molecule has 1 unspecified atom stereocenters. The molecule has 7 heteroatoms. The van der Waals surface area contributed by atoms with Crippen LogP contribution in [0.25, 0.3) is 0 Å². The van der Waals surface area contributed by atoms with E-state index in [1.54, 1.807) is 18.2 Å². The quantitative estimate of drug-likeness (QED) is 0.726. The van der Waals surface area contributed by atoms with Crippen LogP contribution >= 0.6 is 11.6 Å². The first-order valence-corrected chi connectivity index (χ1v) is 11.0. The molecule has 1 aliphatic heterocycles. The lowest BCUT2D eigenvalue weighted by molar-refractivity contribution is 0.203. The number of rotatable bonds is 4. The summed E-state index contributed by atoms with van der Waals surface area (Å²) in [6.45, 7) is 6.10. The van der Waals surface area contributed by atoms with Crippen molar-refractivity contribution in [3.63, 3.8) is 0 Å². The monoisotopic (exact) mass is 419 g/mol. The van der Waals surface area contributed by atoms with E-state index in [0.717, 1.165) is 17.0 Å². The smallest absolute Gasteiger partial charge is 0.279 e. The predicted molar refractivity (Wildman–Crippen MR) is 116 cm³/mol. The van der Waals surface area contributed by atoms with Crippen LogP contribution in [0.4, 0.5) is 5.69 Å². The zero-order chi connectivity index (χ0) is 20.7. The van der Waals surface area contributed by atoms with E-state index in [1.807, 2.05) is 64.0 Å². The SMILES string of the molecule is CN(C)c1ccc(C2=NN(S(=O)(=O)c3cccc(Cl)c3)C(C(C)(C)C)C2)cc1. The topological polar surface area (TPSA) is 53.0 Å². The Kier molecular flexibility index (Phi) is 5.47. The van der Waals surface area contributed by atoms with Crippen molar-refractivity contribution in [2.24, 2.45) is 10.5 Å². The van der Waals surface area contributed by atoms with Gasteiger partial charge in [0, 0.05) is 31.2 Å². The molecule has 3 rings (SSSR count). The first-order valence-electron chi connectivity index (χ1n) is 9.15. The molecule has 2 aromatic rings. The summed E-state index contributed by atoms with van der Waals surface area (Å²) in [7, 11) is 0.163. The maximum absolute atomic E-state index is 13.3. The van der Waals surface area contributed by atoms with Crippen molar-refractivity contribution in [3.8, 4) is 0 Å². The minimum Gasteiger partial charge on any atom is -0.378 e. The fourth-order valence-electron chi connectivity index (χ4n) is 3.21. The van der Waals surface area contributed by atoms with E-state index in [0.29, 0.717) is 11.4 Å². The van der Waals surface area contributed by atoms with Crippen LogP contribution in [0.15, 0.2) is 58.5 Å². The highest BCUT2D eigenvalue weighted by atomic mass is 35.5. The molecule has 28 heavy (non-hydrogen) atoms. The van der Waals surface area contributed by atoms with Crippen molar-refractivity contribution < 1.29 is 8.42 Å². The zero-order valence-electron chi connectivity index (χ0n) is 16.8. The third-order valence-electron chi connectivity index (χ3n) is 4.93. The van der Waals surface area contributed by atoms with Crippen LogP contribution < -0.4 is 4.90 Å². The Bertz CT molecular complexity index is 993. The summed E-state index contributed by atoms with van der Waals surface area (Å²) < 4.78 is 27.9. The molecule has 0 N–H and O–H groups in total. The van der Waals surface area contributed by atoms with Gasteiger partial charge in [0.15, 0.2) is 0 Å². The average molecular weight is 420 g/mol. The molecule has 0 saturated carbocycles. The molecule has 2 aromatic carbocycles. The minimum atomic E-state index is -3.80. The van der Waals surface area contributed by atoms with Gasteiger partial charge in [0.1, 0.15) is 0 Å². The minimum absolute atomic E-state index is 0.155. The van der Waals surface area contributed by atoms with Gasteiger partial charge in [-0.25, -0.2) is 0 Å². The molecule has 0 saturated heterocycles. The summed E-state index contributed by atoms with van der Waals surface area (Å²) in [5, 5.41) is 4.95. The Hall–Kier alpha value is -2.05. The van der Waals surface area contributed by atoms with E-state index in [4.69, 9.17) is 11.6 Å². The van der Waals surface area contributed by atoms with Crippen LogP contribution in [0.2, 0.25) is 5.02 Å². The number of benzene rings is 2. The van der Waals surface area contributed by atoms with Gasteiger partial charge >= 0.3 is 0 Å². The number of nitrogens with zero attached hydrogens (tertiary/aromatic N) is 3. The van der Waals surface area contributed by atoms with Crippen molar-refractivity contribution in [2.45, 2.75) is 38.1 Å². The lowest BCUT2D eigenvalue weighted by Crippen LogP contribution is -2.41. The Balaban J connectivity index is 2.03. The maximum atomic E-state index is 13.3. The van der Waals surface area contributed by atoms with Crippen molar-refractivity contribution in [3.05, 3.63) is 59.1 Å². The highest BCUT2D eigenvalue weighted by Crippen LogP contribution is 2.37. The van der Waals surface area contributed by atoms with Crippen molar-refractivity contribution in [1.29, 1.82) is 0 Å². The summed E-state index contributed by atoms with van der Waals surface area (Å²) >= 11 is 6.03. The van der Waals surface area contributed by atoms with E-state index in [9.17, 15) is 8.42 Å². The number of hydrogen-bond acceptors (Lipinski definition) is 4. The second-order valence-corrected chi connectivity index (χ2v) is 10.5. The summed E-state index contributed by atoms with van der Waals surface area (Å²) in [6.07, 6.45) is 0.560. The van der Waals surface area contributed by atoms with Crippen LogP contribution in [-0.4, -0.2) is 38.7 Å². The molecule has 1 atom stereocenters. The number of hydrogen-bond donors (Lipinski definition) is 0. The molecular weight excluding hydrogens is 394 g/mol. The van der Waals surface area contributed by atoms with Crippen LogP contribution in [-0.2, 0) is 10.0 Å². The van der Waals surface area contributed by atoms with Gasteiger partial charge in [0.25, 0.3) is 10.0 Å². The Morgan fingerprint density at radius 1 is 1.11 bits per heavy atom. The van der Waals surface area contributed by atoms with E-state index >= 15 is 0 Å². The molecule has 0 aliphatic carbocycles. The molecule has 0 fully saturated rings. The lowest BCUT2D eigenvalue weighted by atomic mass is 9.84. The second kappa shape index (κ2) is 7.41. The maximum Gasteiger partial charge on any atom is 0.279 e. The Morgan fingerprint density at radius 3 is 2.29 bits per heavy atom. The van der Waals surface area contributed by atoms with E-state index < -0.39 is 10.0 Å². The van der Waals surface area contributed by atoms with Crippen molar-refractivity contribution in [2.75, 3.05) is 19.0 Å². The van der Waals surface area contributed by atoms with E-state index in [1.165, 1.54) is 10.5 Å². The largest absolute Gasteiger partial charge is 0.378 e. The Labute approximate surface area is 172 Å². The van der Waals surface area contributed by atoms with Crippen LogP contribution in [0, 0.1) is 5.41 Å². The van der Waals surface area contributed by atoms with Gasteiger partial charge in [-0.15, -0.1) is 0 Å². The number of hydrazone groups is 1. The van der Waals surface area contributed by atoms with Gasteiger partial charge in [-0.1, -0.05) is 50.6 Å². The first-order chi connectivity index (χ1) is 13.0. The molecular formula is C21H26ClN3O2S. The van der Waals surface area contributed by atoms with Crippen LogP contribution in [0.1, 0.15) is 32.8 Å². The number of sulfonamides is 1. The van der Waals surface area contributed by atoms with Gasteiger partial charge < -0.3 is 4.90 Å². The fourth-order valence-corrected chi connectivity index (χ4v) is 5.14. The number of anilines is 1. The second-order valence-electron chi connectivity index (χ2n) is 8.31. The first kappa shape index (κ1) is 20.7. The molecule has 5 nitrogen and oxygen atoms in total. The highest BCUT2D eigenvalue weighted by molar-refractivity contribution is 7.89. The van der Waals surface area contributed by atoms with Crippen molar-refractivity contribution >= 4 is 33.0 Å². The zero-order valence-corrected chi connectivity index (χ0v) is 18.4. The summed E-state index contributed by atoms with van der Waals surface area (Å²) in [6, 6.07) is 14.0.